The van der Waals surface area contributed by atoms with Crippen LogP contribution in [0.3, 0.4) is 0 Å². The Hall–Kier alpha value is -0.110. The summed E-state index contributed by atoms with van der Waals surface area (Å²) in [6, 6.07) is 1.26. The molecule has 114 valence electrons. The van der Waals surface area contributed by atoms with E-state index < -0.39 is 7.82 Å². The number of rotatable bonds is 8. The maximum absolute atomic E-state index is 12.2. The molecule has 7 nitrogen and oxygen atoms in total. The Bertz CT molecular complexity index is 491. The normalized spacial score (nSPS) is 11.7. The second-order valence-corrected chi connectivity index (χ2v) is 5.60. The summed E-state index contributed by atoms with van der Waals surface area (Å²) < 4.78 is 26.1. The fourth-order valence-electron chi connectivity index (χ4n) is 0.876. The number of halogens is 3. The molecule has 0 amide bonds. The summed E-state index contributed by atoms with van der Waals surface area (Å²) in [6.07, 6.45) is 0. The molecule has 0 saturated carbocycles. The van der Waals surface area contributed by atoms with Crippen LogP contribution in [0.2, 0.25) is 15.2 Å². The lowest BCUT2D eigenvalue weighted by molar-refractivity contribution is -0.273. The summed E-state index contributed by atoms with van der Waals surface area (Å²) in [5.41, 5.74) is 0. The van der Waals surface area contributed by atoms with Crippen molar-refractivity contribution in [2.45, 2.75) is 13.8 Å². The fourth-order valence-corrected chi connectivity index (χ4v) is 2.36. The van der Waals surface area contributed by atoms with Gasteiger partial charge in [0.1, 0.15) is 5.02 Å². The van der Waals surface area contributed by atoms with Crippen LogP contribution < -0.4 is 4.52 Å². The van der Waals surface area contributed by atoms with Gasteiger partial charge in [-0.2, -0.15) is 4.98 Å². The van der Waals surface area contributed by atoms with Crippen LogP contribution in [-0.2, 0) is 23.7 Å². The van der Waals surface area contributed by atoms with Gasteiger partial charge in [0, 0.05) is 0 Å². The second-order valence-electron chi connectivity index (χ2n) is 3.05. The molecule has 0 bridgehead atoms. The Morgan fingerprint density at radius 2 is 1.65 bits per heavy atom. The minimum Gasteiger partial charge on any atom is -0.381 e. The summed E-state index contributed by atoms with van der Waals surface area (Å²) in [6.45, 7) is 3.42. The molecule has 0 unspecified atom stereocenters. The van der Waals surface area contributed by atoms with E-state index in [4.69, 9.17) is 39.3 Å². The average Bonchev–Trinajstić information content (AvgIpc) is 2.40. The van der Waals surface area contributed by atoms with E-state index in [0.29, 0.717) is 0 Å². The van der Waals surface area contributed by atoms with Crippen molar-refractivity contribution in [2.24, 2.45) is 0 Å². The van der Waals surface area contributed by atoms with E-state index in [1.807, 2.05) is 0 Å². The van der Waals surface area contributed by atoms with Crippen LogP contribution in [-0.4, -0.2) is 18.2 Å². The minimum absolute atomic E-state index is 0.0418. The summed E-state index contributed by atoms with van der Waals surface area (Å²) >= 11 is 17.2. The van der Waals surface area contributed by atoms with Crippen LogP contribution >= 0.6 is 42.6 Å². The van der Waals surface area contributed by atoms with Gasteiger partial charge < -0.3 is 4.52 Å². The zero-order valence-corrected chi connectivity index (χ0v) is 13.6. The third-order valence-corrected chi connectivity index (χ3v) is 3.49. The zero-order chi connectivity index (χ0) is 15.2. The topological polar surface area (TPSA) is 76.1 Å². The first-order chi connectivity index (χ1) is 9.41. The smallest absolute Gasteiger partial charge is 0.381 e. The molecule has 0 aromatic carbocycles. The van der Waals surface area contributed by atoms with Gasteiger partial charge in [-0.25, -0.2) is 14.3 Å². The Labute approximate surface area is 130 Å². The molecule has 1 heterocycles. The van der Waals surface area contributed by atoms with Crippen LogP contribution in [0.1, 0.15) is 13.8 Å². The lowest BCUT2D eigenvalue weighted by Crippen LogP contribution is -2.05. The van der Waals surface area contributed by atoms with Gasteiger partial charge in [0.25, 0.3) is 0 Å². The molecule has 1 aromatic heterocycles. The molecule has 0 fully saturated rings. The lowest BCUT2D eigenvalue weighted by atomic mass is 10.5. The average molecular weight is 367 g/mol. The first kappa shape index (κ1) is 17.9. The van der Waals surface area contributed by atoms with E-state index in [2.05, 4.69) is 24.1 Å². The summed E-state index contributed by atoms with van der Waals surface area (Å²) in [5.74, 6) is -0.302. The molecule has 0 aliphatic carbocycles. The van der Waals surface area contributed by atoms with Gasteiger partial charge in [-0.15, -0.1) is 9.35 Å². The maximum Gasteiger partial charge on any atom is 0.586 e. The van der Waals surface area contributed by atoms with Crippen molar-refractivity contribution in [2.75, 3.05) is 13.2 Å². The molecule has 0 aliphatic heterocycles. The molecule has 0 radical (unpaired) electrons. The van der Waals surface area contributed by atoms with Gasteiger partial charge in [0.05, 0.1) is 18.2 Å². The van der Waals surface area contributed by atoms with Crippen molar-refractivity contribution >= 4 is 42.6 Å². The van der Waals surface area contributed by atoms with E-state index in [-0.39, 0.29) is 34.3 Å². The molecule has 0 N–H and O–H groups in total. The van der Waals surface area contributed by atoms with Gasteiger partial charge in [-0.3, -0.25) is 0 Å². The first-order valence-electron chi connectivity index (χ1n) is 5.35. The summed E-state index contributed by atoms with van der Waals surface area (Å²) in [4.78, 5) is 12.8. The highest BCUT2D eigenvalue weighted by atomic mass is 35.5. The molecule has 0 saturated heterocycles. The Kier molecular flexibility index (Phi) is 7.50. The molecule has 11 heteroatoms. The van der Waals surface area contributed by atoms with Crippen molar-refractivity contribution in [3.05, 3.63) is 21.3 Å². The van der Waals surface area contributed by atoms with E-state index in [9.17, 15) is 4.57 Å². The van der Waals surface area contributed by atoms with Crippen LogP contribution in [0.15, 0.2) is 6.07 Å². The second kappa shape index (κ2) is 8.36. The van der Waals surface area contributed by atoms with Gasteiger partial charge in [-0.05, 0) is 19.9 Å². The van der Waals surface area contributed by atoms with E-state index in [0.717, 1.165) is 0 Å². The third-order valence-electron chi connectivity index (χ3n) is 1.58. The molecule has 0 atom stereocenters. The number of phosphoric acid groups is 1. The van der Waals surface area contributed by atoms with Crippen molar-refractivity contribution in [1.29, 1.82) is 0 Å². The SMILES string of the molecule is CCOOP(=O)(OOCC)Oc1nc(Cl)c(Cl)cc1Cl. The molecule has 20 heavy (non-hydrogen) atoms. The van der Waals surface area contributed by atoms with Crippen LogP contribution in [0.25, 0.3) is 0 Å². The van der Waals surface area contributed by atoms with E-state index >= 15 is 0 Å². The number of pyridine rings is 1. The van der Waals surface area contributed by atoms with E-state index in [1.54, 1.807) is 13.8 Å². The molecule has 1 rings (SSSR count). The van der Waals surface area contributed by atoms with Gasteiger partial charge in [-0.1, -0.05) is 34.8 Å². The minimum atomic E-state index is -4.23. The number of nitrogens with zero attached hydrogens (tertiary/aromatic N) is 1. The lowest BCUT2D eigenvalue weighted by Gasteiger charge is -2.15. The van der Waals surface area contributed by atoms with Crippen molar-refractivity contribution in [3.63, 3.8) is 0 Å². The van der Waals surface area contributed by atoms with Crippen molar-refractivity contribution in [3.8, 4) is 5.88 Å². The van der Waals surface area contributed by atoms with Crippen molar-refractivity contribution < 1.29 is 28.2 Å². The monoisotopic (exact) mass is 365 g/mol. The fraction of sp³-hybridized carbons (Fsp3) is 0.444. The first-order valence-corrected chi connectivity index (χ1v) is 7.95. The van der Waals surface area contributed by atoms with Gasteiger partial charge in [0.15, 0.2) is 5.15 Å². The van der Waals surface area contributed by atoms with Crippen LogP contribution in [0.4, 0.5) is 0 Å². The third kappa shape index (κ3) is 5.35. The predicted molar refractivity (Wildman–Crippen MR) is 72.9 cm³/mol. The summed E-state index contributed by atoms with van der Waals surface area (Å²) in [7, 11) is -4.23. The van der Waals surface area contributed by atoms with Gasteiger partial charge >= 0.3 is 7.82 Å². The summed E-state index contributed by atoms with van der Waals surface area (Å²) in [5, 5.41) is -0.0273. The Morgan fingerprint density at radius 3 is 2.15 bits per heavy atom. The Balaban J connectivity index is 2.94. The van der Waals surface area contributed by atoms with E-state index in [1.165, 1.54) is 6.07 Å². The Morgan fingerprint density at radius 1 is 1.10 bits per heavy atom. The highest BCUT2D eigenvalue weighted by molar-refractivity contribution is 7.48. The standard InChI is InChI=1S/C9H11Cl3NO6P/c1-3-15-18-20(14,19-16-4-2)17-9-7(11)5-6(10)8(12)13-9/h5H,3-4H2,1-2H3. The quantitative estimate of drug-likeness (QED) is 0.291. The predicted octanol–water partition coefficient (Wildman–Crippen LogP) is 4.46. The van der Waals surface area contributed by atoms with Crippen molar-refractivity contribution in [1.82, 2.24) is 4.98 Å². The highest BCUT2D eigenvalue weighted by Crippen LogP contribution is 2.51. The molecule has 1 aromatic rings. The largest absolute Gasteiger partial charge is 0.586 e. The number of hydrogen-bond acceptors (Lipinski definition) is 7. The number of aromatic nitrogens is 1. The molecule has 0 aliphatic rings. The molecule has 0 spiro atoms. The maximum atomic E-state index is 12.2. The molecular weight excluding hydrogens is 355 g/mol. The molecular formula is C9H11Cl3NO6P. The van der Waals surface area contributed by atoms with Gasteiger partial charge in [0.2, 0.25) is 5.88 Å². The zero-order valence-electron chi connectivity index (χ0n) is 10.5. The highest BCUT2D eigenvalue weighted by Gasteiger charge is 2.34. The number of hydrogen-bond donors (Lipinski definition) is 0. The van der Waals surface area contributed by atoms with Crippen LogP contribution in [0, 0.1) is 0 Å². The van der Waals surface area contributed by atoms with Crippen LogP contribution in [0.5, 0.6) is 5.88 Å².